The van der Waals surface area contributed by atoms with Gasteiger partial charge in [-0.25, -0.2) is 4.98 Å². The summed E-state index contributed by atoms with van der Waals surface area (Å²) in [5, 5.41) is 8.53. The number of hydrogen-bond donors (Lipinski definition) is 1. The van der Waals surface area contributed by atoms with Crippen LogP contribution in [0.1, 0.15) is 17.4 Å². The number of furan rings is 1. The van der Waals surface area contributed by atoms with Gasteiger partial charge >= 0.3 is 5.97 Å². The predicted molar refractivity (Wildman–Crippen MR) is 49.4 cm³/mol. The van der Waals surface area contributed by atoms with Crippen molar-refractivity contribution in [3.05, 3.63) is 42.0 Å². The second-order valence-corrected chi connectivity index (χ2v) is 3.05. The number of rotatable bonds is 4. The second kappa shape index (κ2) is 4.00. The van der Waals surface area contributed by atoms with Crippen molar-refractivity contribution in [3.63, 3.8) is 0 Å². The Hall–Kier alpha value is -2.04. The van der Waals surface area contributed by atoms with Crippen molar-refractivity contribution in [2.45, 2.75) is 12.8 Å². The van der Waals surface area contributed by atoms with E-state index in [4.69, 9.17) is 13.9 Å². The quantitative estimate of drug-likeness (QED) is 0.821. The first kappa shape index (κ1) is 9.51. The average molecular weight is 207 g/mol. The van der Waals surface area contributed by atoms with Crippen molar-refractivity contribution in [2.75, 3.05) is 0 Å². The third kappa shape index (κ3) is 2.46. The molecule has 0 aliphatic heterocycles. The second-order valence-electron chi connectivity index (χ2n) is 3.05. The number of carbonyl (C=O) groups is 1. The average Bonchev–Trinajstić information content (AvgIpc) is 2.77. The molecule has 0 saturated heterocycles. The molecule has 0 radical (unpaired) electrons. The Morgan fingerprint density at radius 3 is 3.00 bits per heavy atom. The first-order valence-electron chi connectivity index (χ1n) is 4.42. The fourth-order valence-electron chi connectivity index (χ4n) is 1.22. The van der Waals surface area contributed by atoms with Crippen LogP contribution in [0, 0.1) is 0 Å². The van der Waals surface area contributed by atoms with Crippen LogP contribution < -0.4 is 0 Å². The molecule has 5 heteroatoms. The van der Waals surface area contributed by atoms with Gasteiger partial charge in [0, 0.05) is 0 Å². The van der Waals surface area contributed by atoms with E-state index >= 15 is 0 Å². The summed E-state index contributed by atoms with van der Waals surface area (Å²) in [5.41, 5.74) is 0. The molecule has 78 valence electrons. The minimum absolute atomic E-state index is 0.148. The summed E-state index contributed by atoms with van der Waals surface area (Å²) in [6.07, 6.45) is 3.28. The molecule has 0 spiro atoms. The lowest BCUT2D eigenvalue weighted by molar-refractivity contribution is -0.136. The van der Waals surface area contributed by atoms with Gasteiger partial charge in [-0.2, -0.15) is 0 Å². The molecule has 15 heavy (non-hydrogen) atoms. The molecule has 2 aromatic heterocycles. The van der Waals surface area contributed by atoms with Crippen molar-refractivity contribution >= 4 is 5.97 Å². The van der Waals surface area contributed by atoms with Gasteiger partial charge < -0.3 is 13.9 Å². The Bertz CT molecular complexity index is 444. The van der Waals surface area contributed by atoms with Crippen LogP contribution in [-0.4, -0.2) is 16.1 Å². The van der Waals surface area contributed by atoms with Gasteiger partial charge in [-0.3, -0.25) is 4.79 Å². The molecular weight excluding hydrogens is 198 g/mol. The molecule has 2 aromatic rings. The van der Waals surface area contributed by atoms with Gasteiger partial charge in [0.1, 0.15) is 17.9 Å². The highest BCUT2D eigenvalue weighted by Crippen LogP contribution is 2.10. The highest BCUT2D eigenvalue weighted by molar-refractivity contribution is 5.69. The molecular formula is C10H9NO4. The topological polar surface area (TPSA) is 76.5 Å². The van der Waals surface area contributed by atoms with Gasteiger partial charge in [0.25, 0.3) is 0 Å². The summed E-state index contributed by atoms with van der Waals surface area (Å²) in [7, 11) is 0. The van der Waals surface area contributed by atoms with Gasteiger partial charge in [0.15, 0.2) is 0 Å². The fourth-order valence-corrected chi connectivity index (χ4v) is 1.22. The summed E-state index contributed by atoms with van der Waals surface area (Å²) in [5.74, 6) is 0.611. The van der Waals surface area contributed by atoms with E-state index in [-0.39, 0.29) is 6.42 Å². The highest BCUT2D eigenvalue weighted by Gasteiger charge is 2.09. The van der Waals surface area contributed by atoms with Crippen molar-refractivity contribution in [2.24, 2.45) is 0 Å². The highest BCUT2D eigenvalue weighted by atomic mass is 16.4. The summed E-state index contributed by atoms with van der Waals surface area (Å²) < 4.78 is 10.3. The van der Waals surface area contributed by atoms with E-state index in [1.54, 1.807) is 18.4 Å². The maximum absolute atomic E-state index is 10.4. The van der Waals surface area contributed by atoms with Crippen LogP contribution >= 0.6 is 0 Å². The SMILES string of the molecule is O=C(O)Cc1cnc(Cc2ccco2)o1. The molecule has 0 bridgehead atoms. The fraction of sp³-hybridized carbons (Fsp3) is 0.200. The van der Waals surface area contributed by atoms with E-state index in [0.717, 1.165) is 5.76 Å². The van der Waals surface area contributed by atoms with Gasteiger partial charge in [0.2, 0.25) is 5.89 Å². The van der Waals surface area contributed by atoms with Crippen LogP contribution in [-0.2, 0) is 17.6 Å². The van der Waals surface area contributed by atoms with Crippen LogP contribution in [0.5, 0.6) is 0 Å². The zero-order valence-electron chi connectivity index (χ0n) is 7.84. The van der Waals surface area contributed by atoms with E-state index in [0.29, 0.717) is 18.1 Å². The Morgan fingerprint density at radius 2 is 2.33 bits per heavy atom. The molecule has 2 heterocycles. The van der Waals surface area contributed by atoms with Crippen LogP contribution in [0.25, 0.3) is 0 Å². The summed E-state index contributed by atoms with van der Waals surface area (Å²) >= 11 is 0. The molecule has 0 saturated carbocycles. The molecule has 0 aliphatic rings. The molecule has 0 fully saturated rings. The first-order valence-corrected chi connectivity index (χ1v) is 4.42. The first-order chi connectivity index (χ1) is 7.24. The predicted octanol–water partition coefficient (Wildman–Crippen LogP) is 1.49. The number of oxazole rings is 1. The Labute approximate surface area is 85.3 Å². The minimum atomic E-state index is -0.935. The normalized spacial score (nSPS) is 10.4. The van der Waals surface area contributed by atoms with Crippen LogP contribution in [0.3, 0.4) is 0 Å². The maximum Gasteiger partial charge on any atom is 0.311 e. The number of carboxylic acids is 1. The number of carboxylic acid groups (broad SMARTS) is 1. The summed E-state index contributed by atoms with van der Waals surface area (Å²) in [6, 6.07) is 3.58. The van der Waals surface area contributed by atoms with Crippen LogP contribution in [0.2, 0.25) is 0 Å². The lowest BCUT2D eigenvalue weighted by Crippen LogP contribution is -1.98. The lowest BCUT2D eigenvalue weighted by Gasteiger charge is -1.91. The molecule has 0 amide bonds. The number of hydrogen-bond acceptors (Lipinski definition) is 4. The molecule has 5 nitrogen and oxygen atoms in total. The molecule has 0 aliphatic carbocycles. The largest absolute Gasteiger partial charge is 0.481 e. The molecule has 0 atom stereocenters. The zero-order valence-corrected chi connectivity index (χ0v) is 7.84. The van der Waals surface area contributed by atoms with Gasteiger partial charge in [-0.15, -0.1) is 0 Å². The Balaban J connectivity index is 2.04. The van der Waals surface area contributed by atoms with E-state index in [2.05, 4.69) is 4.98 Å². The van der Waals surface area contributed by atoms with E-state index in [1.807, 2.05) is 0 Å². The van der Waals surface area contributed by atoms with Crippen molar-refractivity contribution in [1.29, 1.82) is 0 Å². The lowest BCUT2D eigenvalue weighted by atomic mass is 10.3. The summed E-state index contributed by atoms with van der Waals surface area (Å²) in [6.45, 7) is 0. The summed E-state index contributed by atoms with van der Waals surface area (Å²) in [4.78, 5) is 14.3. The van der Waals surface area contributed by atoms with E-state index < -0.39 is 5.97 Å². The minimum Gasteiger partial charge on any atom is -0.481 e. The van der Waals surface area contributed by atoms with Crippen molar-refractivity contribution in [1.82, 2.24) is 4.98 Å². The van der Waals surface area contributed by atoms with E-state index in [1.165, 1.54) is 6.20 Å². The third-order valence-electron chi connectivity index (χ3n) is 1.83. The monoisotopic (exact) mass is 207 g/mol. The molecule has 2 rings (SSSR count). The Kier molecular flexibility index (Phi) is 2.53. The Morgan fingerprint density at radius 1 is 1.47 bits per heavy atom. The van der Waals surface area contributed by atoms with Crippen LogP contribution in [0.4, 0.5) is 0 Å². The molecule has 0 aromatic carbocycles. The molecule has 1 N–H and O–H groups in total. The van der Waals surface area contributed by atoms with Crippen molar-refractivity contribution in [3.8, 4) is 0 Å². The number of aliphatic carboxylic acids is 1. The zero-order chi connectivity index (χ0) is 10.7. The standard InChI is InChI=1S/C10H9NO4/c12-10(13)5-8-6-11-9(15-8)4-7-2-1-3-14-7/h1-3,6H,4-5H2,(H,12,13). The number of nitrogens with zero attached hydrogens (tertiary/aromatic N) is 1. The van der Waals surface area contributed by atoms with Gasteiger partial charge in [0.05, 0.1) is 18.9 Å². The number of aromatic nitrogens is 1. The van der Waals surface area contributed by atoms with Gasteiger partial charge in [-0.05, 0) is 12.1 Å². The maximum atomic E-state index is 10.4. The smallest absolute Gasteiger partial charge is 0.311 e. The van der Waals surface area contributed by atoms with Crippen LogP contribution in [0.15, 0.2) is 33.4 Å². The third-order valence-corrected chi connectivity index (χ3v) is 1.83. The van der Waals surface area contributed by atoms with Crippen molar-refractivity contribution < 1.29 is 18.7 Å². The molecule has 0 unspecified atom stereocenters. The van der Waals surface area contributed by atoms with E-state index in [9.17, 15) is 4.79 Å². The van der Waals surface area contributed by atoms with Gasteiger partial charge in [-0.1, -0.05) is 0 Å².